The highest BCUT2D eigenvalue weighted by Gasteiger charge is 2.27. The number of pyridine rings is 1. The molecule has 1 aliphatic rings. The Balaban J connectivity index is 2.11. The summed E-state index contributed by atoms with van der Waals surface area (Å²) in [5.74, 6) is -1.16. The number of halogens is 1. The van der Waals surface area contributed by atoms with Crippen LogP contribution in [0.5, 0.6) is 0 Å². The van der Waals surface area contributed by atoms with E-state index in [1.54, 1.807) is 13.1 Å². The topological polar surface area (TPSA) is 48.3 Å². The molecule has 0 aliphatic carbocycles. The number of carbonyl (C=O) groups is 1. The van der Waals surface area contributed by atoms with Crippen LogP contribution in [0, 0.1) is 5.82 Å². The number of fused-ring (bicyclic) bond motifs is 1. The molecular weight excluding hydrogens is 345 g/mol. The summed E-state index contributed by atoms with van der Waals surface area (Å²) < 4.78 is 21.4. The average Bonchev–Trinajstić information content (AvgIpc) is 2.78. The van der Waals surface area contributed by atoms with Gasteiger partial charge in [-0.25, -0.2) is 9.18 Å². The van der Waals surface area contributed by atoms with Gasteiger partial charge in [0.15, 0.2) is 0 Å². The van der Waals surface area contributed by atoms with Crippen molar-refractivity contribution in [3.05, 3.63) is 80.9 Å². The monoisotopic (exact) mass is 365 g/mol. The van der Waals surface area contributed by atoms with E-state index in [4.69, 9.17) is 4.74 Å². The highest BCUT2D eigenvalue weighted by molar-refractivity contribution is 5.95. The number of carbonyl (C=O) groups excluding carboxylic acids is 1. The van der Waals surface area contributed by atoms with Gasteiger partial charge in [0.05, 0.1) is 12.1 Å². The third-order valence-electron chi connectivity index (χ3n) is 5.22. The molecule has 0 unspecified atom stereocenters. The third kappa shape index (κ3) is 2.74. The summed E-state index contributed by atoms with van der Waals surface area (Å²) >= 11 is 0. The van der Waals surface area contributed by atoms with Crippen molar-refractivity contribution < 1.29 is 13.9 Å². The van der Waals surface area contributed by atoms with Gasteiger partial charge in [-0.3, -0.25) is 4.79 Å². The first-order valence-corrected chi connectivity index (χ1v) is 9.16. The van der Waals surface area contributed by atoms with Crippen LogP contribution in [0.25, 0.3) is 10.9 Å². The minimum atomic E-state index is -0.677. The summed E-state index contributed by atoms with van der Waals surface area (Å²) in [5.41, 5.74) is 3.15. The summed E-state index contributed by atoms with van der Waals surface area (Å²) in [4.78, 5) is 25.2. The molecule has 2 aromatic carbocycles. The van der Waals surface area contributed by atoms with Crippen LogP contribution in [0.4, 0.5) is 4.39 Å². The maximum atomic E-state index is 14.5. The van der Waals surface area contributed by atoms with Gasteiger partial charge in [-0.2, -0.15) is 0 Å². The molecule has 1 aliphatic heterocycles. The number of aromatic nitrogens is 1. The molecule has 5 heteroatoms. The SMILES string of the molecule is CCOC(=O)c1cn2c3c(cc(F)cc3c1=O)[C@H](CC)c1ccccc1C2. The zero-order chi connectivity index (χ0) is 19.1. The highest BCUT2D eigenvalue weighted by Crippen LogP contribution is 2.38. The van der Waals surface area contributed by atoms with Gasteiger partial charge in [0.2, 0.25) is 5.43 Å². The predicted octanol–water partition coefficient (Wildman–Crippen LogP) is 4.22. The number of benzene rings is 2. The molecule has 2 heterocycles. The summed E-state index contributed by atoms with van der Waals surface area (Å²) in [5, 5.41) is 0.224. The molecule has 3 aromatic rings. The fourth-order valence-electron chi connectivity index (χ4n) is 4.09. The Hall–Kier alpha value is -2.95. The third-order valence-corrected chi connectivity index (χ3v) is 5.22. The van der Waals surface area contributed by atoms with Crippen molar-refractivity contribution >= 4 is 16.9 Å². The second-order valence-electron chi connectivity index (χ2n) is 6.77. The molecule has 1 atom stereocenters. The number of nitrogens with zero attached hydrogens (tertiary/aromatic N) is 1. The Morgan fingerprint density at radius 2 is 2.00 bits per heavy atom. The second-order valence-corrected chi connectivity index (χ2v) is 6.77. The van der Waals surface area contributed by atoms with Crippen molar-refractivity contribution in [2.24, 2.45) is 0 Å². The Bertz CT molecular complexity index is 1120. The van der Waals surface area contributed by atoms with Crippen molar-refractivity contribution in [3.8, 4) is 0 Å². The van der Waals surface area contributed by atoms with Crippen molar-refractivity contribution in [2.45, 2.75) is 32.7 Å². The maximum Gasteiger partial charge on any atom is 0.343 e. The van der Waals surface area contributed by atoms with Crippen LogP contribution in [0.15, 0.2) is 47.4 Å². The number of esters is 1. The van der Waals surface area contributed by atoms with Crippen molar-refractivity contribution in [2.75, 3.05) is 6.61 Å². The lowest BCUT2D eigenvalue weighted by Crippen LogP contribution is -2.21. The Kier molecular flexibility index (Phi) is 4.30. The van der Waals surface area contributed by atoms with Gasteiger partial charge in [0, 0.05) is 24.0 Å². The molecule has 27 heavy (non-hydrogen) atoms. The van der Waals surface area contributed by atoms with Crippen molar-refractivity contribution in [1.82, 2.24) is 4.57 Å². The Morgan fingerprint density at radius 1 is 1.22 bits per heavy atom. The molecule has 0 spiro atoms. The minimum Gasteiger partial charge on any atom is -0.462 e. The lowest BCUT2D eigenvalue weighted by Gasteiger charge is -2.18. The standard InChI is InChI=1S/C22H20FNO3/c1-3-15-16-8-6-5-7-13(16)11-24-12-19(22(26)27-4-2)21(25)18-10-14(23)9-17(15)20(18)24/h5-10,12,15H,3-4,11H2,1-2H3/t15-/m1/s1. The fraction of sp³-hybridized carbons (Fsp3) is 0.273. The van der Waals surface area contributed by atoms with Crippen LogP contribution in [0.3, 0.4) is 0 Å². The zero-order valence-electron chi connectivity index (χ0n) is 15.3. The van der Waals surface area contributed by atoms with Gasteiger partial charge in [0.1, 0.15) is 11.4 Å². The molecule has 0 radical (unpaired) electrons. The fourth-order valence-corrected chi connectivity index (χ4v) is 4.09. The van der Waals surface area contributed by atoms with Crippen LogP contribution < -0.4 is 5.43 Å². The molecule has 0 saturated carbocycles. The number of ether oxygens (including phenoxy) is 1. The van der Waals surface area contributed by atoms with Crippen LogP contribution in [0.1, 0.15) is 53.2 Å². The lowest BCUT2D eigenvalue weighted by molar-refractivity contribution is 0.0524. The van der Waals surface area contributed by atoms with Gasteiger partial charge in [-0.05, 0) is 42.2 Å². The van der Waals surface area contributed by atoms with E-state index in [0.29, 0.717) is 12.1 Å². The zero-order valence-corrected chi connectivity index (χ0v) is 15.3. The summed E-state index contributed by atoms with van der Waals surface area (Å²) in [6, 6.07) is 10.8. The molecule has 4 rings (SSSR count). The van der Waals surface area contributed by atoms with E-state index in [0.717, 1.165) is 23.1 Å². The van der Waals surface area contributed by atoms with E-state index < -0.39 is 17.2 Å². The molecule has 0 amide bonds. The normalized spacial score (nSPS) is 15.3. The van der Waals surface area contributed by atoms with Crippen molar-refractivity contribution in [3.63, 3.8) is 0 Å². The first-order valence-electron chi connectivity index (χ1n) is 9.16. The predicted molar refractivity (Wildman–Crippen MR) is 102 cm³/mol. The molecule has 4 nitrogen and oxygen atoms in total. The second kappa shape index (κ2) is 6.65. The summed E-state index contributed by atoms with van der Waals surface area (Å²) in [7, 11) is 0. The van der Waals surface area contributed by atoms with Gasteiger partial charge in [0.25, 0.3) is 0 Å². The maximum absolute atomic E-state index is 14.5. The van der Waals surface area contributed by atoms with E-state index in [2.05, 4.69) is 13.0 Å². The molecule has 0 N–H and O–H groups in total. The summed E-state index contributed by atoms with van der Waals surface area (Å²) in [6.07, 6.45) is 2.34. The van der Waals surface area contributed by atoms with E-state index in [1.807, 2.05) is 22.8 Å². The van der Waals surface area contributed by atoms with E-state index in [9.17, 15) is 14.0 Å². The lowest BCUT2D eigenvalue weighted by atomic mass is 9.86. The van der Waals surface area contributed by atoms with E-state index in [1.165, 1.54) is 12.1 Å². The highest BCUT2D eigenvalue weighted by atomic mass is 19.1. The van der Waals surface area contributed by atoms with Gasteiger partial charge in [-0.15, -0.1) is 0 Å². The molecule has 0 saturated heterocycles. The quantitative estimate of drug-likeness (QED) is 0.653. The van der Waals surface area contributed by atoms with Crippen LogP contribution in [-0.2, 0) is 11.3 Å². The Labute approximate surface area is 156 Å². The Morgan fingerprint density at radius 3 is 2.74 bits per heavy atom. The number of rotatable bonds is 3. The van der Waals surface area contributed by atoms with E-state index in [-0.39, 0.29) is 23.5 Å². The first-order chi connectivity index (χ1) is 13.0. The number of hydrogen-bond acceptors (Lipinski definition) is 3. The smallest absolute Gasteiger partial charge is 0.343 e. The average molecular weight is 365 g/mol. The van der Waals surface area contributed by atoms with E-state index >= 15 is 0 Å². The van der Waals surface area contributed by atoms with Gasteiger partial charge in [-0.1, -0.05) is 31.2 Å². The summed E-state index contributed by atoms with van der Waals surface area (Å²) in [6.45, 7) is 4.42. The van der Waals surface area contributed by atoms with Crippen LogP contribution in [-0.4, -0.2) is 17.1 Å². The molecular formula is C22H20FNO3. The largest absolute Gasteiger partial charge is 0.462 e. The first kappa shape index (κ1) is 17.5. The minimum absolute atomic E-state index is 0.0130. The van der Waals surface area contributed by atoms with Gasteiger partial charge < -0.3 is 9.30 Å². The molecule has 0 fully saturated rings. The number of hydrogen-bond donors (Lipinski definition) is 0. The van der Waals surface area contributed by atoms with Gasteiger partial charge >= 0.3 is 5.97 Å². The molecule has 138 valence electrons. The van der Waals surface area contributed by atoms with Crippen LogP contribution in [0.2, 0.25) is 0 Å². The molecule has 1 aromatic heterocycles. The van der Waals surface area contributed by atoms with Crippen molar-refractivity contribution in [1.29, 1.82) is 0 Å². The van der Waals surface area contributed by atoms with Crippen LogP contribution >= 0.6 is 0 Å². The molecule has 0 bridgehead atoms.